The third-order valence-electron chi connectivity index (χ3n) is 3.14. The third kappa shape index (κ3) is 2.44. The van der Waals surface area contributed by atoms with Crippen LogP contribution in [0.25, 0.3) is 0 Å². The number of sulfone groups is 1. The normalized spacial score (nSPS) is 24.1. The quantitative estimate of drug-likeness (QED) is 0.752. The minimum absolute atomic E-state index is 0.140. The van der Waals surface area contributed by atoms with Gasteiger partial charge in [0.15, 0.2) is 9.84 Å². The van der Waals surface area contributed by atoms with E-state index in [4.69, 9.17) is 0 Å². The molecule has 1 atom stereocenters. The summed E-state index contributed by atoms with van der Waals surface area (Å²) in [6.45, 7) is 0.698. The Kier molecular flexibility index (Phi) is 3.03. The van der Waals surface area contributed by atoms with Crippen LogP contribution >= 0.6 is 0 Å². The van der Waals surface area contributed by atoms with Crippen molar-refractivity contribution in [2.75, 3.05) is 18.6 Å². The van der Waals surface area contributed by atoms with Crippen molar-refractivity contribution in [1.82, 2.24) is 14.5 Å². The zero-order valence-electron chi connectivity index (χ0n) is 9.63. The summed E-state index contributed by atoms with van der Waals surface area (Å²) in [5.41, 5.74) is 0. The fourth-order valence-corrected chi connectivity index (χ4v) is 3.83. The maximum Gasteiger partial charge on any atom is 0.151 e. The van der Waals surface area contributed by atoms with Crippen molar-refractivity contribution in [2.24, 2.45) is 7.05 Å². The Hall–Kier alpha value is -0.880. The fourth-order valence-electron chi connectivity index (χ4n) is 2.02. The SMILES string of the molecule is CN(Cc1nccn1C)C1CCS(=O)(=O)C1. The van der Waals surface area contributed by atoms with Gasteiger partial charge in [-0.1, -0.05) is 0 Å². The number of aryl methyl sites for hydroxylation is 1. The van der Waals surface area contributed by atoms with Gasteiger partial charge < -0.3 is 4.57 Å². The minimum atomic E-state index is -2.80. The van der Waals surface area contributed by atoms with Crippen LogP contribution in [-0.2, 0) is 23.4 Å². The average molecular weight is 243 g/mol. The van der Waals surface area contributed by atoms with Crippen molar-refractivity contribution in [1.29, 1.82) is 0 Å². The van der Waals surface area contributed by atoms with E-state index in [0.29, 0.717) is 12.3 Å². The van der Waals surface area contributed by atoms with Gasteiger partial charge in [-0.15, -0.1) is 0 Å². The molecule has 1 aliphatic heterocycles. The van der Waals surface area contributed by atoms with Crippen LogP contribution in [0.5, 0.6) is 0 Å². The van der Waals surface area contributed by atoms with Gasteiger partial charge in [0, 0.05) is 25.5 Å². The number of hydrogen-bond donors (Lipinski definition) is 0. The molecule has 90 valence electrons. The first kappa shape index (κ1) is 11.6. The molecule has 2 rings (SSSR count). The van der Waals surface area contributed by atoms with Crippen molar-refractivity contribution in [2.45, 2.75) is 19.0 Å². The summed E-state index contributed by atoms with van der Waals surface area (Å²) in [7, 11) is 1.11. The molecule has 0 bridgehead atoms. The number of imidazole rings is 1. The summed E-state index contributed by atoms with van der Waals surface area (Å²) in [6.07, 6.45) is 4.40. The second-order valence-electron chi connectivity index (χ2n) is 4.43. The van der Waals surface area contributed by atoms with Gasteiger partial charge in [-0.25, -0.2) is 13.4 Å². The molecule has 16 heavy (non-hydrogen) atoms. The van der Waals surface area contributed by atoms with E-state index in [1.807, 2.05) is 24.9 Å². The van der Waals surface area contributed by atoms with Crippen molar-refractivity contribution in [3.63, 3.8) is 0 Å². The summed E-state index contributed by atoms with van der Waals surface area (Å²) < 4.78 is 24.7. The molecule has 1 saturated heterocycles. The minimum Gasteiger partial charge on any atom is -0.337 e. The highest BCUT2D eigenvalue weighted by atomic mass is 32.2. The number of aromatic nitrogens is 2. The van der Waals surface area contributed by atoms with Crippen molar-refractivity contribution in [3.8, 4) is 0 Å². The van der Waals surface area contributed by atoms with Gasteiger partial charge >= 0.3 is 0 Å². The Morgan fingerprint density at radius 1 is 1.62 bits per heavy atom. The summed E-state index contributed by atoms with van der Waals surface area (Å²) in [4.78, 5) is 6.31. The molecule has 1 fully saturated rings. The average Bonchev–Trinajstić information content (AvgIpc) is 2.74. The van der Waals surface area contributed by atoms with E-state index in [-0.39, 0.29) is 11.8 Å². The first-order chi connectivity index (χ1) is 7.48. The fraction of sp³-hybridized carbons (Fsp3) is 0.700. The molecule has 0 N–H and O–H groups in total. The van der Waals surface area contributed by atoms with E-state index in [1.165, 1.54) is 0 Å². The van der Waals surface area contributed by atoms with Crippen LogP contribution in [-0.4, -0.2) is 47.5 Å². The highest BCUT2D eigenvalue weighted by Crippen LogP contribution is 2.17. The van der Waals surface area contributed by atoms with Crippen LogP contribution < -0.4 is 0 Å². The van der Waals surface area contributed by atoms with Gasteiger partial charge in [-0.05, 0) is 13.5 Å². The molecule has 0 saturated carbocycles. The van der Waals surface area contributed by atoms with E-state index in [0.717, 1.165) is 12.2 Å². The standard InChI is InChI=1S/C10H17N3O2S/c1-12-5-4-11-10(12)7-13(2)9-3-6-16(14,15)8-9/h4-5,9H,3,6-8H2,1-2H3. The predicted molar refractivity (Wildman–Crippen MR) is 61.7 cm³/mol. The number of hydrogen-bond acceptors (Lipinski definition) is 4. The molecule has 1 unspecified atom stereocenters. The monoisotopic (exact) mass is 243 g/mol. The largest absolute Gasteiger partial charge is 0.337 e. The van der Waals surface area contributed by atoms with Crippen LogP contribution in [0.15, 0.2) is 12.4 Å². The summed E-state index contributed by atoms with van der Waals surface area (Å²) in [6, 6.07) is 0.140. The van der Waals surface area contributed by atoms with E-state index in [1.54, 1.807) is 6.20 Å². The first-order valence-corrected chi connectivity index (χ1v) is 7.17. The van der Waals surface area contributed by atoms with Crippen LogP contribution in [0.3, 0.4) is 0 Å². The third-order valence-corrected chi connectivity index (χ3v) is 4.89. The first-order valence-electron chi connectivity index (χ1n) is 5.35. The van der Waals surface area contributed by atoms with Crippen LogP contribution in [0, 0.1) is 0 Å². The molecule has 0 amide bonds. The van der Waals surface area contributed by atoms with Gasteiger partial charge in [-0.3, -0.25) is 4.90 Å². The Bertz CT molecular complexity index is 466. The molecule has 6 heteroatoms. The summed E-state index contributed by atoms with van der Waals surface area (Å²) in [5, 5.41) is 0. The van der Waals surface area contributed by atoms with Gasteiger partial charge in [0.2, 0.25) is 0 Å². The van der Waals surface area contributed by atoms with Crippen LogP contribution in [0.1, 0.15) is 12.2 Å². The Morgan fingerprint density at radius 2 is 2.38 bits per heavy atom. The summed E-state index contributed by atoms with van der Waals surface area (Å²) in [5.74, 6) is 1.57. The molecule has 0 aliphatic carbocycles. The Morgan fingerprint density at radius 3 is 2.88 bits per heavy atom. The van der Waals surface area contributed by atoms with Crippen LogP contribution in [0.2, 0.25) is 0 Å². The highest BCUT2D eigenvalue weighted by molar-refractivity contribution is 7.91. The molecule has 1 aromatic rings. The van der Waals surface area contributed by atoms with Gasteiger partial charge in [0.25, 0.3) is 0 Å². The second-order valence-corrected chi connectivity index (χ2v) is 6.66. The maximum atomic E-state index is 11.4. The molecule has 0 radical (unpaired) electrons. The van der Waals surface area contributed by atoms with E-state index in [9.17, 15) is 8.42 Å². The predicted octanol–water partition coefficient (Wildman–Crippen LogP) is 0.0390. The molecule has 1 aliphatic rings. The van der Waals surface area contributed by atoms with Crippen molar-refractivity contribution >= 4 is 9.84 Å². The van der Waals surface area contributed by atoms with Gasteiger partial charge in [0.1, 0.15) is 5.82 Å². The Labute approximate surface area is 96.0 Å². The summed E-state index contributed by atoms with van der Waals surface area (Å²) >= 11 is 0. The molecule has 0 aromatic carbocycles. The topological polar surface area (TPSA) is 55.2 Å². The van der Waals surface area contributed by atoms with Gasteiger partial charge in [-0.2, -0.15) is 0 Å². The lowest BCUT2D eigenvalue weighted by Crippen LogP contribution is -2.32. The Balaban J connectivity index is 2.00. The van der Waals surface area contributed by atoms with Crippen molar-refractivity contribution in [3.05, 3.63) is 18.2 Å². The molecule has 1 aromatic heterocycles. The number of nitrogens with zero attached hydrogens (tertiary/aromatic N) is 3. The zero-order valence-corrected chi connectivity index (χ0v) is 10.4. The lowest BCUT2D eigenvalue weighted by atomic mass is 10.2. The van der Waals surface area contributed by atoms with Crippen molar-refractivity contribution < 1.29 is 8.42 Å². The lowest BCUT2D eigenvalue weighted by Gasteiger charge is -2.22. The smallest absolute Gasteiger partial charge is 0.151 e. The molecular weight excluding hydrogens is 226 g/mol. The van der Waals surface area contributed by atoms with E-state index in [2.05, 4.69) is 9.88 Å². The molecule has 5 nitrogen and oxygen atoms in total. The van der Waals surface area contributed by atoms with E-state index < -0.39 is 9.84 Å². The lowest BCUT2D eigenvalue weighted by molar-refractivity contribution is 0.245. The van der Waals surface area contributed by atoms with Crippen LogP contribution in [0.4, 0.5) is 0 Å². The molecule has 0 spiro atoms. The maximum absolute atomic E-state index is 11.4. The number of rotatable bonds is 3. The molecule has 2 heterocycles. The molecular formula is C10H17N3O2S. The second kappa shape index (κ2) is 4.18. The van der Waals surface area contributed by atoms with Gasteiger partial charge in [0.05, 0.1) is 18.1 Å². The zero-order chi connectivity index (χ0) is 11.8. The van der Waals surface area contributed by atoms with E-state index >= 15 is 0 Å². The highest BCUT2D eigenvalue weighted by Gasteiger charge is 2.30.